The number of pyridine rings is 4. The van der Waals surface area contributed by atoms with E-state index in [9.17, 15) is 0 Å². The first-order valence-corrected chi connectivity index (χ1v) is 18.3. The number of hydrogen-bond acceptors (Lipinski definition) is 10. The summed E-state index contributed by atoms with van der Waals surface area (Å²) in [6.45, 7) is 5.03. The van der Waals surface area contributed by atoms with Gasteiger partial charge in [0, 0.05) is 71.5 Å². The van der Waals surface area contributed by atoms with E-state index >= 15 is 0 Å². The second-order valence-corrected chi connectivity index (χ2v) is 14.5. The van der Waals surface area contributed by atoms with Crippen molar-refractivity contribution in [1.29, 1.82) is 0 Å². The Morgan fingerprint density at radius 2 is 1.43 bits per heavy atom. The van der Waals surface area contributed by atoms with Crippen LogP contribution in [0.1, 0.15) is 19.4 Å². The molecule has 2 aromatic carbocycles. The van der Waals surface area contributed by atoms with Gasteiger partial charge in [-0.1, -0.05) is 12.1 Å². The van der Waals surface area contributed by atoms with E-state index in [2.05, 4.69) is 116 Å². The second kappa shape index (κ2) is 13.2. The highest BCUT2D eigenvalue weighted by atomic mass is 15.3. The molecule has 0 fully saturated rings. The van der Waals surface area contributed by atoms with Crippen LogP contribution in [0.5, 0.6) is 0 Å². The molecule has 0 amide bonds. The fraction of sp³-hybridized carbons (Fsp3) is 0.143. The Hall–Kier alpha value is -7.32. The molecule has 8 aromatic heterocycles. The zero-order valence-electron chi connectivity index (χ0n) is 31.1. The van der Waals surface area contributed by atoms with E-state index in [1.165, 1.54) is 0 Å². The predicted molar refractivity (Wildman–Crippen MR) is 219 cm³/mol. The SMILES string of the molecule is CC(C)Nc1cncc(-c2ccc3c(c2)c(-c2nc4ccncc4[nH]2)nn3-c2cc3nc(-c4n[nH]c5ccc(-c6cncc(CN(C)C)c6)cc45)[nH]c3cn2)c1. The van der Waals surface area contributed by atoms with Crippen LogP contribution in [0.15, 0.2) is 104 Å². The number of rotatable bonds is 9. The predicted octanol–water partition coefficient (Wildman–Crippen LogP) is 7.78. The van der Waals surface area contributed by atoms with E-state index in [1.807, 2.05) is 47.7 Å². The van der Waals surface area contributed by atoms with Gasteiger partial charge in [-0.15, -0.1) is 0 Å². The number of fused-ring (bicyclic) bond motifs is 4. The summed E-state index contributed by atoms with van der Waals surface area (Å²) in [5, 5.41) is 18.3. The quantitative estimate of drug-likeness (QED) is 0.115. The maximum atomic E-state index is 5.13. The van der Waals surface area contributed by atoms with Crippen molar-refractivity contribution in [3.63, 3.8) is 0 Å². The first kappa shape index (κ1) is 33.3. The van der Waals surface area contributed by atoms with E-state index in [0.717, 1.165) is 89.6 Å². The summed E-state index contributed by atoms with van der Waals surface area (Å²) in [6, 6.07) is 20.9. The van der Waals surface area contributed by atoms with Crippen LogP contribution in [-0.2, 0) is 6.54 Å². The minimum Gasteiger partial charge on any atom is -0.382 e. The van der Waals surface area contributed by atoms with E-state index in [4.69, 9.17) is 20.1 Å². The van der Waals surface area contributed by atoms with Crippen LogP contribution in [0, 0.1) is 0 Å². The fourth-order valence-corrected chi connectivity index (χ4v) is 7.22. The molecule has 4 N–H and O–H groups in total. The fourth-order valence-electron chi connectivity index (χ4n) is 7.22. The van der Waals surface area contributed by atoms with Crippen LogP contribution in [0.25, 0.3) is 95.0 Å². The molecule has 0 radical (unpaired) electrons. The van der Waals surface area contributed by atoms with Gasteiger partial charge in [-0.25, -0.2) is 19.6 Å². The smallest absolute Gasteiger partial charge is 0.159 e. The van der Waals surface area contributed by atoms with Crippen LogP contribution in [0.4, 0.5) is 5.69 Å². The van der Waals surface area contributed by atoms with Crippen molar-refractivity contribution in [1.82, 2.24) is 64.7 Å². The zero-order chi connectivity index (χ0) is 37.9. The maximum Gasteiger partial charge on any atom is 0.159 e. The highest BCUT2D eigenvalue weighted by molar-refractivity contribution is 5.98. The van der Waals surface area contributed by atoms with Crippen LogP contribution in [0.3, 0.4) is 0 Å². The summed E-state index contributed by atoms with van der Waals surface area (Å²) in [4.78, 5) is 37.1. The van der Waals surface area contributed by atoms with Gasteiger partial charge in [-0.05, 0) is 87.1 Å². The lowest BCUT2D eigenvalue weighted by Gasteiger charge is -2.11. The van der Waals surface area contributed by atoms with Crippen molar-refractivity contribution in [3.05, 3.63) is 110 Å². The molecule has 0 saturated heterocycles. The molecule has 0 aliphatic heterocycles. The van der Waals surface area contributed by atoms with Gasteiger partial charge in [0.05, 0.1) is 51.2 Å². The summed E-state index contributed by atoms with van der Waals surface area (Å²) < 4.78 is 1.84. The maximum absolute atomic E-state index is 5.13. The van der Waals surface area contributed by atoms with Crippen molar-refractivity contribution in [2.24, 2.45) is 0 Å². The third kappa shape index (κ3) is 5.97. The molecule has 14 nitrogen and oxygen atoms in total. The molecule has 0 atom stereocenters. The van der Waals surface area contributed by atoms with E-state index in [0.29, 0.717) is 23.2 Å². The minimum atomic E-state index is 0.281. The van der Waals surface area contributed by atoms with Gasteiger partial charge in [-0.2, -0.15) is 10.2 Å². The number of benzene rings is 2. The molecule has 8 heterocycles. The minimum absolute atomic E-state index is 0.281. The summed E-state index contributed by atoms with van der Waals surface area (Å²) >= 11 is 0. The van der Waals surface area contributed by atoms with Gasteiger partial charge >= 0.3 is 0 Å². The number of nitrogens with zero attached hydrogens (tertiary/aromatic N) is 10. The molecule has 56 heavy (non-hydrogen) atoms. The number of H-pyrrole nitrogens is 3. The van der Waals surface area contributed by atoms with Crippen molar-refractivity contribution in [2.45, 2.75) is 26.4 Å². The molecule has 10 aromatic rings. The molecule has 274 valence electrons. The van der Waals surface area contributed by atoms with Gasteiger partial charge in [-0.3, -0.25) is 20.1 Å². The zero-order valence-corrected chi connectivity index (χ0v) is 31.1. The average Bonchev–Trinajstić information content (AvgIpc) is 4.00. The lowest BCUT2D eigenvalue weighted by Crippen LogP contribution is -2.10. The third-order valence-corrected chi connectivity index (χ3v) is 9.70. The van der Waals surface area contributed by atoms with Crippen molar-refractivity contribution in [3.8, 4) is 51.1 Å². The van der Waals surface area contributed by atoms with E-state index in [1.54, 1.807) is 18.6 Å². The molecule has 0 bridgehead atoms. The summed E-state index contributed by atoms with van der Waals surface area (Å²) in [5.74, 6) is 1.88. The van der Waals surface area contributed by atoms with Crippen LogP contribution >= 0.6 is 0 Å². The molecule has 0 aliphatic rings. The van der Waals surface area contributed by atoms with Gasteiger partial charge in [0.1, 0.15) is 11.4 Å². The van der Waals surface area contributed by atoms with Crippen molar-refractivity contribution >= 4 is 49.6 Å². The van der Waals surface area contributed by atoms with Gasteiger partial charge in [0.2, 0.25) is 0 Å². The molecule has 0 aliphatic carbocycles. The van der Waals surface area contributed by atoms with Gasteiger partial charge in [0.15, 0.2) is 17.5 Å². The van der Waals surface area contributed by atoms with E-state index in [-0.39, 0.29) is 6.04 Å². The summed E-state index contributed by atoms with van der Waals surface area (Å²) in [6.07, 6.45) is 12.8. The molecule has 0 unspecified atom stereocenters. The van der Waals surface area contributed by atoms with E-state index < -0.39 is 0 Å². The third-order valence-electron chi connectivity index (χ3n) is 9.70. The highest BCUT2D eigenvalue weighted by Crippen LogP contribution is 2.35. The van der Waals surface area contributed by atoms with Gasteiger partial charge < -0.3 is 20.2 Å². The highest BCUT2D eigenvalue weighted by Gasteiger charge is 2.20. The van der Waals surface area contributed by atoms with Crippen molar-refractivity contribution in [2.75, 3.05) is 19.4 Å². The molecule has 0 saturated carbocycles. The number of nitrogens with one attached hydrogen (secondary N) is 4. The molecule has 14 heteroatoms. The molecular weight excluding hydrogens is 701 g/mol. The Morgan fingerprint density at radius 1 is 0.679 bits per heavy atom. The number of aromatic amines is 3. The first-order chi connectivity index (χ1) is 27.3. The van der Waals surface area contributed by atoms with Crippen LogP contribution < -0.4 is 5.32 Å². The lowest BCUT2D eigenvalue weighted by atomic mass is 10.0. The lowest BCUT2D eigenvalue weighted by molar-refractivity contribution is 0.402. The largest absolute Gasteiger partial charge is 0.382 e. The topological polar surface area (TPSA) is 171 Å². The molecular formula is C42H36N14. The number of aromatic nitrogens is 12. The van der Waals surface area contributed by atoms with Crippen LogP contribution in [-0.4, -0.2) is 84.9 Å². The van der Waals surface area contributed by atoms with Gasteiger partial charge in [0.25, 0.3) is 0 Å². The number of hydrogen-bond donors (Lipinski definition) is 4. The normalized spacial score (nSPS) is 12.0. The Balaban J connectivity index is 1.06. The second-order valence-electron chi connectivity index (χ2n) is 14.5. The van der Waals surface area contributed by atoms with Crippen LogP contribution in [0.2, 0.25) is 0 Å². The summed E-state index contributed by atoms with van der Waals surface area (Å²) in [7, 11) is 4.11. The Labute approximate surface area is 320 Å². The number of imidazole rings is 2. The Morgan fingerprint density at radius 3 is 2.25 bits per heavy atom. The Kier molecular flexibility index (Phi) is 7.85. The van der Waals surface area contributed by atoms with Crippen molar-refractivity contribution < 1.29 is 0 Å². The molecule has 10 rings (SSSR count). The standard InChI is InChI=1S/C42H36N14/c1-23(2)47-29-12-28(18-45-19-29)26-6-8-37-31(14-26)40(42-48-33-9-10-43-20-35(33)50-42)54-56(37)38-15-34-36(21-46-38)51-41(49-34)39-30-13-25(5-7-32(30)52-53-39)27-11-24(16-44-17-27)22-55(3)4/h5-21,23,47H,22H2,1-4H3,(H,48,50)(H,49,51)(H,52,53). The summed E-state index contributed by atoms with van der Waals surface area (Å²) in [5.41, 5.74) is 12.5. The monoisotopic (exact) mass is 736 g/mol. The Bertz CT molecular complexity index is 3040. The molecule has 0 spiro atoms. The first-order valence-electron chi connectivity index (χ1n) is 18.3. The number of anilines is 1. The average molecular weight is 737 g/mol.